The molecule has 1 atom stereocenters. The second-order valence-corrected chi connectivity index (χ2v) is 8.48. The molecule has 0 saturated carbocycles. The highest BCUT2D eigenvalue weighted by Crippen LogP contribution is 2.18. The number of amides is 2. The molecule has 0 bridgehead atoms. The molecule has 1 fully saturated rings. The van der Waals surface area contributed by atoms with Gasteiger partial charge in [0.05, 0.1) is 18.1 Å². The summed E-state index contributed by atoms with van der Waals surface area (Å²) in [6.07, 6.45) is 0.337. The molecule has 144 valence electrons. The first kappa shape index (κ1) is 20.3. The molecule has 26 heavy (non-hydrogen) atoms. The second kappa shape index (κ2) is 9.11. The largest absolute Gasteiger partial charge is 0.383 e. The predicted molar refractivity (Wildman–Crippen MR) is 96.8 cm³/mol. The molecule has 0 aromatic heterocycles. The van der Waals surface area contributed by atoms with Gasteiger partial charge >= 0.3 is 11.8 Å². The van der Waals surface area contributed by atoms with Crippen molar-refractivity contribution in [3.05, 3.63) is 35.4 Å². The minimum atomic E-state index is -3.17. The van der Waals surface area contributed by atoms with E-state index in [0.717, 1.165) is 11.1 Å². The monoisotopic (exact) mass is 383 g/mol. The predicted octanol–water partition coefficient (Wildman–Crippen LogP) is -0.576. The number of carbonyl (C=O) groups excluding carboxylic acids is 2. The highest BCUT2D eigenvalue weighted by atomic mass is 32.2. The van der Waals surface area contributed by atoms with Gasteiger partial charge in [-0.15, -0.1) is 0 Å². The average Bonchev–Trinajstić information content (AvgIpc) is 2.99. The Kier molecular flexibility index (Phi) is 7.13. The van der Waals surface area contributed by atoms with Gasteiger partial charge in [0.2, 0.25) is 0 Å². The number of methoxy groups -OCH3 is 1. The Morgan fingerprint density at radius 2 is 2.08 bits per heavy atom. The topological polar surface area (TPSA) is 119 Å². The molecule has 9 heteroatoms. The van der Waals surface area contributed by atoms with Crippen molar-refractivity contribution >= 4 is 21.7 Å². The number of ether oxygens (including phenoxy) is 1. The number of carbonyl (C=O) groups is 2. The number of nitrogens with two attached hydrogens (primary N) is 1. The van der Waals surface area contributed by atoms with Crippen molar-refractivity contribution in [3.63, 3.8) is 0 Å². The van der Waals surface area contributed by atoms with Gasteiger partial charge in [0.25, 0.3) is 0 Å². The lowest BCUT2D eigenvalue weighted by Gasteiger charge is -2.27. The highest BCUT2D eigenvalue weighted by Gasteiger charge is 2.36. The molecule has 1 aliphatic rings. The van der Waals surface area contributed by atoms with Crippen LogP contribution in [0.1, 0.15) is 17.5 Å². The van der Waals surface area contributed by atoms with Crippen molar-refractivity contribution in [1.82, 2.24) is 10.2 Å². The van der Waals surface area contributed by atoms with Gasteiger partial charge < -0.3 is 20.7 Å². The van der Waals surface area contributed by atoms with Gasteiger partial charge in [0.1, 0.15) is 0 Å². The number of nitrogens with zero attached hydrogens (tertiary/aromatic N) is 1. The first-order chi connectivity index (χ1) is 12.4. The van der Waals surface area contributed by atoms with Crippen molar-refractivity contribution in [3.8, 4) is 0 Å². The fraction of sp³-hybridized carbons (Fsp3) is 0.529. The van der Waals surface area contributed by atoms with E-state index >= 15 is 0 Å². The van der Waals surface area contributed by atoms with Gasteiger partial charge in [-0.1, -0.05) is 24.3 Å². The van der Waals surface area contributed by atoms with E-state index in [4.69, 9.17) is 10.5 Å². The van der Waals surface area contributed by atoms with E-state index in [1.54, 1.807) is 0 Å². The van der Waals surface area contributed by atoms with Crippen LogP contribution in [0.25, 0.3) is 0 Å². The molecule has 0 radical (unpaired) electrons. The maximum atomic E-state index is 12.5. The molecule has 2 amide bonds. The fourth-order valence-corrected chi connectivity index (χ4v) is 4.65. The molecular formula is C17H25N3O5S. The van der Waals surface area contributed by atoms with Crippen LogP contribution in [0.2, 0.25) is 0 Å². The smallest absolute Gasteiger partial charge is 0.312 e. The van der Waals surface area contributed by atoms with Crippen LogP contribution in [0.15, 0.2) is 24.3 Å². The van der Waals surface area contributed by atoms with E-state index in [2.05, 4.69) is 5.32 Å². The van der Waals surface area contributed by atoms with E-state index < -0.39 is 27.7 Å². The van der Waals surface area contributed by atoms with Gasteiger partial charge in [-0.2, -0.15) is 0 Å². The first-order valence-corrected chi connectivity index (χ1v) is 10.2. The van der Waals surface area contributed by atoms with Crippen molar-refractivity contribution < 1.29 is 22.7 Å². The quantitative estimate of drug-likeness (QED) is 0.608. The molecule has 1 unspecified atom stereocenters. The van der Waals surface area contributed by atoms with Crippen LogP contribution in [-0.4, -0.2) is 62.9 Å². The minimum Gasteiger partial charge on any atom is -0.383 e. The summed E-state index contributed by atoms with van der Waals surface area (Å²) in [6.45, 7) is 0.987. The lowest BCUT2D eigenvalue weighted by Crippen LogP contribution is -2.49. The van der Waals surface area contributed by atoms with E-state index in [9.17, 15) is 18.0 Å². The molecule has 8 nitrogen and oxygen atoms in total. The van der Waals surface area contributed by atoms with E-state index in [1.165, 1.54) is 12.0 Å². The second-order valence-electron chi connectivity index (χ2n) is 6.25. The number of rotatable bonds is 7. The summed E-state index contributed by atoms with van der Waals surface area (Å²) in [5, 5.41) is 2.59. The molecule has 1 aromatic rings. The molecule has 0 spiro atoms. The zero-order valence-electron chi connectivity index (χ0n) is 14.8. The third kappa shape index (κ3) is 5.52. The minimum absolute atomic E-state index is 0.0297. The molecular weight excluding hydrogens is 358 g/mol. The number of hydrogen-bond acceptors (Lipinski definition) is 6. The summed E-state index contributed by atoms with van der Waals surface area (Å²) in [5.74, 6) is -1.58. The lowest BCUT2D eigenvalue weighted by molar-refractivity contribution is -0.147. The number of benzene rings is 1. The van der Waals surface area contributed by atoms with Crippen LogP contribution < -0.4 is 11.1 Å². The molecule has 1 aromatic carbocycles. The SMILES string of the molecule is COCCN(C(=O)C(=O)NCc1cccc(CN)c1)C1CCS(=O)(=O)C1. The molecule has 1 aliphatic heterocycles. The van der Waals surface area contributed by atoms with Crippen molar-refractivity contribution in [2.24, 2.45) is 5.73 Å². The molecule has 2 rings (SSSR count). The summed E-state index contributed by atoms with van der Waals surface area (Å²) >= 11 is 0. The number of hydrogen-bond donors (Lipinski definition) is 2. The van der Waals surface area contributed by atoms with Crippen LogP contribution in [-0.2, 0) is 37.3 Å². The van der Waals surface area contributed by atoms with Crippen LogP contribution >= 0.6 is 0 Å². The van der Waals surface area contributed by atoms with Gasteiger partial charge in [-0.05, 0) is 17.5 Å². The summed E-state index contributed by atoms with van der Waals surface area (Å²) in [5.41, 5.74) is 7.36. The Morgan fingerprint density at radius 1 is 1.35 bits per heavy atom. The van der Waals surface area contributed by atoms with Gasteiger partial charge in [0, 0.05) is 32.8 Å². The Balaban J connectivity index is 2.00. The Morgan fingerprint density at radius 3 is 2.69 bits per heavy atom. The van der Waals surface area contributed by atoms with Crippen molar-refractivity contribution in [1.29, 1.82) is 0 Å². The lowest BCUT2D eigenvalue weighted by atomic mass is 10.1. The van der Waals surface area contributed by atoms with Gasteiger partial charge in [0.15, 0.2) is 9.84 Å². The standard InChI is InChI=1S/C17H25N3O5S/c1-25-7-6-20(15-5-8-26(23,24)12-15)17(22)16(21)19-11-14-4-2-3-13(9-14)10-18/h2-4,9,15H,5-8,10-12,18H2,1H3,(H,19,21). The van der Waals surface area contributed by atoms with E-state index in [0.29, 0.717) is 13.0 Å². The molecule has 3 N–H and O–H groups in total. The Bertz CT molecular complexity index is 751. The molecule has 1 saturated heterocycles. The van der Waals surface area contributed by atoms with Crippen molar-refractivity contribution in [2.75, 3.05) is 31.8 Å². The Labute approximate surface area is 153 Å². The summed E-state index contributed by atoms with van der Waals surface area (Å²) in [7, 11) is -1.68. The van der Waals surface area contributed by atoms with E-state index in [1.807, 2.05) is 24.3 Å². The van der Waals surface area contributed by atoms with Crippen LogP contribution in [0, 0.1) is 0 Å². The zero-order valence-corrected chi connectivity index (χ0v) is 15.6. The first-order valence-electron chi connectivity index (χ1n) is 8.42. The third-order valence-electron chi connectivity index (χ3n) is 4.32. The third-order valence-corrected chi connectivity index (χ3v) is 6.07. The van der Waals surface area contributed by atoms with Crippen LogP contribution in [0.4, 0.5) is 0 Å². The Hall–Kier alpha value is -1.97. The summed E-state index contributed by atoms with van der Waals surface area (Å²) in [4.78, 5) is 26.1. The van der Waals surface area contributed by atoms with E-state index in [-0.39, 0.29) is 31.2 Å². The van der Waals surface area contributed by atoms with Crippen molar-refractivity contribution in [2.45, 2.75) is 25.6 Å². The molecule has 1 heterocycles. The van der Waals surface area contributed by atoms with Crippen LogP contribution in [0.3, 0.4) is 0 Å². The molecule has 0 aliphatic carbocycles. The summed E-state index contributed by atoms with van der Waals surface area (Å²) < 4.78 is 28.4. The summed E-state index contributed by atoms with van der Waals surface area (Å²) in [6, 6.07) is 6.91. The average molecular weight is 383 g/mol. The maximum absolute atomic E-state index is 12.5. The normalized spacial score (nSPS) is 18.5. The van der Waals surface area contributed by atoms with Gasteiger partial charge in [-0.3, -0.25) is 9.59 Å². The zero-order chi connectivity index (χ0) is 19.2. The van der Waals surface area contributed by atoms with Gasteiger partial charge in [-0.25, -0.2) is 8.42 Å². The fourth-order valence-electron chi connectivity index (χ4n) is 2.92. The number of sulfone groups is 1. The number of nitrogens with one attached hydrogen (secondary N) is 1. The maximum Gasteiger partial charge on any atom is 0.312 e. The van der Waals surface area contributed by atoms with Crippen LogP contribution in [0.5, 0.6) is 0 Å². The highest BCUT2D eigenvalue weighted by molar-refractivity contribution is 7.91.